The van der Waals surface area contributed by atoms with E-state index < -0.39 is 17.5 Å². The quantitative estimate of drug-likeness (QED) is 0.150. The molecule has 2 N–H and O–H groups in total. The normalized spacial score (nSPS) is 17.2. The number of aryl methyl sites for hydroxylation is 1. The average molecular weight is 651 g/mol. The molecule has 1 fully saturated rings. The van der Waals surface area contributed by atoms with Crippen molar-refractivity contribution in [1.82, 2.24) is 19.7 Å². The summed E-state index contributed by atoms with van der Waals surface area (Å²) in [6.07, 6.45) is 7.65. The molecule has 2 amide bonds. The molecule has 3 aromatic heterocycles. The number of nitrogens with one attached hydrogen (secondary N) is 2. The van der Waals surface area contributed by atoms with Crippen LogP contribution in [-0.4, -0.2) is 44.0 Å². The lowest BCUT2D eigenvalue weighted by Crippen LogP contribution is -2.27. The highest BCUT2D eigenvalue weighted by Crippen LogP contribution is 2.54. The second-order valence-corrected chi connectivity index (χ2v) is 13.2. The van der Waals surface area contributed by atoms with Gasteiger partial charge in [0, 0.05) is 53.1 Å². The van der Waals surface area contributed by atoms with Gasteiger partial charge in [0.25, 0.3) is 0 Å². The molecule has 248 valence electrons. The first-order valence-electron chi connectivity index (χ1n) is 16.0. The van der Waals surface area contributed by atoms with Crippen molar-refractivity contribution in [2.45, 2.75) is 59.3 Å². The lowest BCUT2D eigenvalue weighted by atomic mass is 9.98. The number of fused-ring (bicyclic) bond motifs is 1. The van der Waals surface area contributed by atoms with Gasteiger partial charge in [-0.2, -0.15) is 5.10 Å². The fraction of sp³-hybridized carbons (Fsp3) is 0.324. The largest absolute Gasteiger partial charge is 0.444 e. The van der Waals surface area contributed by atoms with E-state index >= 15 is 4.39 Å². The van der Waals surface area contributed by atoms with Crippen LogP contribution in [0.25, 0.3) is 21.9 Å². The van der Waals surface area contributed by atoms with Crippen molar-refractivity contribution in [2.24, 2.45) is 11.8 Å². The summed E-state index contributed by atoms with van der Waals surface area (Å²) in [4.78, 5) is 34.8. The van der Waals surface area contributed by atoms with Crippen LogP contribution in [0.2, 0.25) is 0 Å². The lowest BCUT2D eigenvalue weighted by molar-refractivity contribution is -0.117. The number of rotatable bonds is 10. The van der Waals surface area contributed by atoms with Crippen LogP contribution >= 0.6 is 0 Å². The van der Waals surface area contributed by atoms with E-state index in [9.17, 15) is 9.59 Å². The summed E-state index contributed by atoms with van der Waals surface area (Å²) in [6, 6.07) is 15.1. The van der Waals surface area contributed by atoms with Crippen LogP contribution in [0.1, 0.15) is 50.3 Å². The zero-order chi connectivity index (χ0) is 34.0. The number of ether oxygens (including phenoxy) is 2. The number of carbonyl (C=O) groups is 2. The number of amides is 2. The van der Waals surface area contributed by atoms with Gasteiger partial charge < -0.3 is 14.8 Å². The number of hydrogen-bond donors (Lipinski definition) is 2. The fourth-order valence-electron chi connectivity index (χ4n) is 5.99. The predicted octanol–water partition coefficient (Wildman–Crippen LogP) is 7.49. The fourth-order valence-corrected chi connectivity index (χ4v) is 5.99. The highest BCUT2D eigenvalue weighted by atomic mass is 19.1. The SMILES string of the molecule is Cc1ccncc1-c1cc2cc(NC(=O)[C@H]3C(C)[C@@H]3c3cnn(CCOCc4ccccc4)c3)ncc2c(NC(=O)OC(C)(C)C)c1F. The van der Waals surface area contributed by atoms with E-state index in [1.54, 1.807) is 51.4 Å². The van der Waals surface area contributed by atoms with Gasteiger partial charge in [-0.3, -0.25) is 19.8 Å². The molecule has 0 radical (unpaired) electrons. The van der Waals surface area contributed by atoms with Gasteiger partial charge in [0.15, 0.2) is 5.82 Å². The van der Waals surface area contributed by atoms with Crippen molar-refractivity contribution in [1.29, 1.82) is 0 Å². The van der Waals surface area contributed by atoms with Gasteiger partial charge in [-0.1, -0.05) is 37.3 Å². The number of pyridine rings is 2. The van der Waals surface area contributed by atoms with Crippen molar-refractivity contribution < 1.29 is 23.5 Å². The van der Waals surface area contributed by atoms with E-state index in [0.29, 0.717) is 41.9 Å². The molecule has 3 atom stereocenters. The summed E-state index contributed by atoms with van der Waals surface area (Å²) in [7, 11) is 0. The van der Waals surface area contributed by atoms with E-state index in [1.165, 1.54) is 6.20 Å². The molecule has 48 heavy (non-hydrogen) atoms. The van der Waals surface area contributed by atoms with Crippen LogP contribution in [0.4, 0.5) is 20.7 Å². The van der Waals surface area contributed by atoms with E-state index in [2.05, 4.69) is 25.7 Å². The van der Waals surface area contributed by atoms with Crippen molar-refractivity contribution in [3.63, 3.8) is 0 Å². The lowest BCUT2D eigenvalue weighted by Gasteiger charge is -2.21. The molecule has 10 nitrogen and oxygen atoms in total. The maximum absolute atomic E-state index is 16.1. The van der Waals surface area contributed by atoms with Gasteiger partial charge in [0.2, 0.25) is 5.91 Å². The first-order chi connectivity index (χ1) is 23.0. The van der Waals surface area contributed by atoms with Gasteiger partial charge in [-0.15, -0.1) is 0 Å². The number of aromatic nitrogens is 4. The Kier molecular flexibility index (Phi) is 9.23. The van der Waals surface area contributed by atoms with E-state index in [0.717, 1.165) is 16.7 Å². The molecule has 1 aliphatic carbocycles. The molecule has 1 unspecified atom stereocenters. The highest BCUT2D eigenvalue weighted by molar-refractivity contribution is 6.05. The minimum Gasteiger partial charge on any atom is -0.444 e. The Morgan fingerprint density at radius 3 is 2.56 bits per heavy atom. The molecule has 0 bridgehead atoms. The summed E-state index contributed by atoms with van der Waals surface area (Å²) in [5, 5.41) is 10.9. The molecule has 6 rings (SSSR count). The monoisotopic (exact) mass is 650 g/mol. The molecule has 1 saturated carbocycles. The standard InChI is InChI=1S/C37H39FN6O4/c1-22-11-12-39-18-28(22)27-15-25-16-30(40-19-29(25)34(33(27)38)43-36(46)48-37(3,4)5)42-35(45)32-23(2)31(32)26-17-41-44(20-26)13-14-47-21-24-9-7-6-8-10-24/h6-12,15-20,23,31-32H,13-14,21H2,1-5H3,(H,43,46)(H,40,42,45)/t23?,31-,32+/m1/s1. The van der Waals surface area contributed by atoms with Crippen LogP contribution < -0.4 is 10.6 Å². The third-order valence-corrected chi connectivity index (χ3v) is 8.46. The summed E-state index contributed by atoms with van der Waals surface area (Å²) in [5.74, 6) is -0.572. The molecular formula is C37H39FN6O4. The Morgan fingerprint density at radius 2 is 1.81 bits per heavy atom. The molecule has 2 aromatic carbocycles. The van der Waals surface area contributed by atoms with E-state index in [1.807, 2.05) is 61.3 Å². The molecule has 3 heterocycles. The van der Waals surface area contributed by atoms with E-state index in [4.69, 9.17) is 9.47 Å². The van der Waals surface area contributed by atoms with Gasteiger partial charge in [-0.05, 0) is 73.9 Å². The maximum atomic E-state index is 16.1. The number of hydrogen-bond acceptors (Lipinski definition) is 7. The molecule has 0 aliphatic heterocycles. The minimum absolute atomic E-state index is 0.0309. The van der Waals surface area contributed by atoms with Crippen molar-refractivity contribution in [3.05, 3.63) is 102 Å². The Bertz CT molecular complexity index is 1960. The van der Waals surface area contributed by atoms with Gasteiger partial charge >= 0.3 is 6.09 Å². The summed E-state index contributed by atoms with van der Waals surface area (Å²) >= 11 is 0. The van der Waals surface area contributed by atoms with Gasteiger partial charge in [-0.25, -0.2) is 14.2 Å². The smallest absolute Gasteiger partial charge is 0.412 e. The number of benzene rings is 2. The number of anilines is 2. The molecular weight excluding hydrogens is 611 g/mol. The molecule has 5 aromatic rings. The maximum Gasteiger partial charge on any atom is 0.412 e. The number of halogens is 1. The summed E-state index contributed by atoms with van der Waals surface area (Å²) in [5.41, 5.74) is 2.91. The molecule has 0 saturated heterocycles. The Balaban J connectivity index is 1.17. The summed E-state index contributed by atoms with van der Waals surface area (Å²) in [6.45, 7) is 10.8. The van der Waals surface area contributed by atoms with Crippen LogP contribution in [0.15, 0.2) is 79.5 Å². The minimum atomic E-state index is -0.795. The second kappa shape index (κ2) is 13.5. The molecule has 11 heteroatoms. The molecule has 1 aliphatic rings. The number of carbonyl (C=O) groups excluding carboxylic acids is 2. The molecule has 0 spiro atoms. The first kappa shape index (κ1) is 32.8. The van der Waals surface area contributed by atoms with Crippen LogP contribution in [0.5, 0.6) is 0 Å². The van der Waals surface area contributed by atoms with Gasteiger partial charge in [0.1, 0.15) is 11.4 Å². The predicted molar refractivity (Wildman–Crippen MR) is 182 cm³/mol. The third-order valence-electron chi connectivity index (χ3n) is 8.46. The van der Waals surface area contributed by atoms with Crippen LogP contribution in [-0.2, 0) is 27.4 Å². The average Bonchev–Trinajstić information content (AvgIpc) is 3.49. The Labute approximate surface area is 278 Å². The highest BCUT2D eigenvalue weighted by Gasteiger charge is 2.53. The summed E-state index contributed by atoms with van der Waals surface area (Å²) < 4.78 is 29.1. The van der Waals surface area contributed by atoms with E-state index in [-0.39, 0.29) is 34.9 Å². The topological polar surface area (TPSA) is 120 Å². The third kappa shape index (κ3) is 7.36. The van der Waals surface area contributed by atoms with Crippen LogP contribution in [0.3, 0.4) is 0 Å². The zero-order valence-corrected chi connectivity index (χ0v) is 27.7. The van der Waals surface area contributed by atoms with Crippen LogP contribution in [0, 0.1) is 24.6 Å². The van der Waals surface area contributed by atoms with Crippen molar-refractivity contribution in [3.8, 4) is 11.1 Å². The van der Waals surface area contributed by atoms with Crippen molar-refractivity contribution >= 4 is 34.3 Å². The Morgan fingerprint density at radius 1 is 1.02 bits per heavy atom. The van der Waals surface area contributed by atoms with Crippen molar-refractivity contribution in [2.75, 3.05) is 17.2 Å². The number of nitrogens with zero attached hydrogens (tertiary/aromatic N) is 4. The second-order valence-electron chi connectivity index (χ2n) is 13.2. The van der Waals surface area contributed by atoms with Gasteiger partial charge in [0.05, 0.1) is 31.6 Å². The first-order valence-corrected chi connectivity index (χ1v) is 16.0. The zero-order valence-electron chi connectivity index (χ0n) is 27.7. The Hall–Kier alpha value is -5.16.